The van der Waals surface area contributed by atoms with Gasteiger partial charge in [-0.2, -0.15) is 0 Å². The highest BCUT2D eigenvalue weighted by Crippen LogP contribution is 2.39. The molecule has 1 aromatic rings. The molecule has 0 bridgehead atoms. The summed E-state index contributed by atoms with van der Waals surface area (Å²) in [4.78, 5) is 12.3. The van der Waals surface area contributed by atoms with E-state index in [0.717, 1.165) is 19.4 Å². The fourth-order valence-electron chi connectivity index (χ4n) is 3.15. The van der Waals surface area contributed by atoms with Crippen LogP contribution in [0.25, 0.3) is 0 Å². The summed E-state index contributed by atoms with van der Waals surface area (Å²) in [6.45, 7) is 3.98. The van der Waals surface area contributed by atoms with Crippen molar-refractivity contribution >= 4 is 17.5 Å². The number of halogens is 1. The van der Waals surface area contributed by atoms with Crippen LogP contribution in [-0.2, 0) is 4.79 Å². The zero-order valence-corrected chi connectivity index (χ0v) is 14.4. The molecule has 3 atom stereocenters. The third-order valence-electron chi connectivity index (χ3n) is 4.47. The molecule has 1 fully saturated rings. The lowest BCUT2D eigenvalue weighted by atomic mass is 9.92. The van der Waals surface area contributed by atoms with Crippen molar-refractivity contribution in [1.29, 1.82) is 0 Å². The van der Waals surface area contributed by atoms with Gasteiger partial charge in [-0.15, -0.1) is 0 Å². The molecule has 3 N–H and O–H groups in total. The number of hydrogen-bond acceptors (Lipinski definition) is 5. The maximum atomic E-state index is 12.3. The van der Waals surface area contributed by atoms with Crippen molar-refractivity contribution in [3.05, 3.63) is 22.7 Å². The highest BCUT2D eigenvalue weighted by molar-refractivity contribution is 6.32. The van der Waals surface area contributed by atoms with E-state index in [-0.39, 0.29) is 18.4 Å². The van der Waals surface area contributed by atoms with E-state index >= 15 is 0 Å². The summed E-state index contributed by atoms with van der Waals surface area (Å²) < 4.78 is 11.0. The zero-order valence-electron chi connectivity index (χ0n) is 13.7. The lowest BCUT2D eigenvalue weighted by Gasteiger charge is -2.27. The Labute approximate surface area is 146 Å². The van der Waals surface area contributed by atoms with Crippen LogP contribution in [0.15, 0.2) is 12.1 Å². The Balaban J connectivity index is 1.59. The molecule has 2 aliphatic heterocycles. The van der Waals surface area contributed by atoms with Gasteiger partial charge in [-0.3, -0.25) is 4.79 Å². The molecule has 0 spiro atoms. The second kappa shape index (κ2) is 7.59. The highest BCUT2D eigenvalue weighted by Gasteiger charge is 2.25. The lowest BCUT2D eigenvalue weighted by molar-refractivity contribution is -0.126. The maximum Gasteiger partial charge on any atom is 0.223 e. The third-order valence-corrected chi connectivity index (χ3v) is 4.75. The van der Waals surface area contributed by atoms with E-state index in [4.69, 9.17) is 21.1 Å². The molecule has 0 radical (unpaired) electrons. The second-order valence-corrected chi connectivity index (χ2v) is 6.77. The van der Waals surface area contributed by atoms with Gasteiger partial charge < -0.3 is 25.2 Å². The average molecular weight is 355 g/mol. The summed E-state index contributed by atoms with van der Waals surface area (Å²) in [5, 5.41) is 16.9. The van der Waals surface area contributed by atoms with Crippen LogP contribution in [0.2, 0.25) is 5.02 Å². The summed E-state index contributed by atoms with van der Waals surface area (Å²) in [5.41, 5.74) is 0.600. The number of aliphatic hydroxyl groups excluding tert-OH is 1. The summed E-state index contributed by atoms with van der Waals surface area (Å²) in [6.07, 6.45) is 0.793. The third kappa shape index (κ3) is 3.94. The molecule has 0 aromatic heterocycles. The number of carbonyl (C=O) groups excluding carboxylic acids is 1. The van der Waals surface area contributed by atoms with E-state index in [1.807, 2.05) is 0 Å². The quantitative estimate of drug-likeness (QED) is 0.766. The van der Waals surface area contributed by atoms with Gasteiger partial charge in [0, 0.05) is 18.5 Å². The number of amides is 1. The molecule has 2 aliphatic rings. The topological polar surface area (TPSA) is 79.8 Å². The van der Waals surface area contributed by atoms with Gasteiger partial charge in [-0.1, -0.05) is 11.6 Å². The molecule has 1 amide bonds. The smallest absolute Gasteiger partial charge is 0.223 e. The van der Waals surface area contributed by atoms with Gasteiger partial charge in [0.2, 0.25) is 5.91 Å². The number of aliphatic hydroxyl groups is 1. The molecule has 3 rings (SSSR count). The minimum Gasteiger partial charge on any atom is -0.486 e. The molecule has 24 heavy (non-hydrogen) atoms. The fraction of sp³-hybridized carbons (Fsp3) is 0.588. The van der Waals surface area contributed by atoms with Crippen LogP contribution < -0.4 is 20.1 Å². The Morgan fingerprint density at radius 2 is 2.25 bits per heavy atom. The monoisotopic (exact) mass is 354 g/mol. The zero-order chi connectivity index (χ0) is 17.1. The van der Waals surface area contributed by atoms with E-state index in [1.165, 1.54) is 0 Å². The van der Waals surface area contributed by atoms with E-state index in [9.17, 15) is 9.90 Å². The molecular formula is C17H23ClN2O4. The normalized spacial score (nSPS) is 24.3. The lowest BCUT2D eigenvalue weighted by Crippen LogP contribution is -2.43. The van der Waals surface area contributed by atoms with Gasteiger partial charge in [0.15, 0.2) is 11.5 Å². The van der Waals surface area contributed by atoms with Crippen LogP contribution in [0.4, 0.5) is 0 Å². The Kier molecular flexibility index (Phi) is 5.48. The fourth-order valence-corrected chi connectivity index (χ4v) is 3.43. The number of piperidine rings is 1. The summed E-state index contributed by atoms with van der Waals surface area (Å²) >= 11 is 6.18. The first kappa shape index (κ1) is 17.3. The number of benzene rings is 1. The van der Waals surface area contributed by atoms with E-state index in [0.29, 0.717) is 41.3 Å². The molecule has 1 unspecified atom stereocenters. The molecule has 1 aromatic carbocycles. The summed E-state index contributed by atoms with van der Waals surface area (Å²) in [5.74, 6) is 1.02. The number of fused-ring (bicyclic) bond motifs is 1. The Morgan fingerprint density at radius 1 is 1.46 bits per heavy atom. The Hall–Kier alpha value is -1.50. The first-order valence-electron chi connectivity index (χ1n) is 8.33. The molecule has 132 valence electrons. The van der Waals surface area contributed by atoms with Gasteiger partial charge in [0.25, 0.3) is 0 Å². The van der Waals surface area contributed by atoms with Gasteiger partial charge in [-0.05, 0) is 44.0 Å². The van der Waals surface area contributed by atoms with Crippen LogP contribution in [0, 0.1) is 5.92 Å². The van der Waals surface area contributed by atoms with E-state index < -0.39 is 6.10 Å². The second-order valence-electron chi connectivity index (χ2n) is 6.36. The van der Waals surface area contributed by atoms with Crippen molar-refractivity contribution in [2.45, 2.75) is 31.9 Å². The summed E-state index contributed by atoms with van der Waals surface area (Å²) in [6, 6.07) is 3.71. The van der Waals surface area contributed by atoms with Crippen LogP contribution in [0.5, 0.6) is 11.5 Å². The van der Waals surface area contributed by atoms with Crippen molar-refractivity contribution in [1.82, 2.24) is 10.6 Å². The predicted molar refractivity (Wildman–Crippen MR) is 90.6 cm³/mol. The number of nitrogens with one attached hydrogen (secondary N) is 2. The Morgan fingerprint density at radius 3 is 3.04 bits per heavy atom. The molecule has 7 heteroatoms. The predicted octanol–water partition coefficient (Wildman–Crippen LogP) is 1.65. The highest BCUT2D eigenvalue weighted by atomic mass is 35.5. The molecule has 2 heterocycles. The molecule has 1 saturated heterocycles. The van der Waals surface area contributed by atoms with Crippen molar-refractivity contribution in [3.8, 4) is 11.5 Å². The standard InChI is InChI=1S/C17H23ClN2O4/c1-10-6-11(2-3-19-10)17(22)20-9-14(21)12-7-13(18)16-15(8-12)23-4-5-24-16/h7-8,10-11,14,19,21H,2-6,9H2,1H3,(H,20,22)/t10-,11-,14?/m0/s1. The van der Waals surface area contributed by atoms with Crippen LogP contribution in [0.1, 0.15) is 31.4 Å². The van der Waals surface area contributed by atoms with Crippen LogP contribution in [0.3, 0.4) is 0 Å². The first-order valence-corrected chi connectivity index (χ1v) is 8.70. The van der Waals surface area contributed by atoms with Crippen molar-refractivity contribution in [2.75, 3.05) is 26.3 Å². The minimum atomic E-state index is -0.846. The number of hydrogen-bond donors (Lipinski definition) is 3. The van der Waals surface area contributed by atoms with Gasteiger partial charge in [0.1, 0.15) is 13.2 Å². The van der Waals surface area contributed by atoms with Gasteiger partial charge in [0.05, 0.1) is 11.1 Å². The average Bonchev–Trinajstić information content (AvgIpc) is 2.59. The van der Waals surface area contributed by atoms with E-state index in [1.54, 1.807) is 12.1 Å². The van der Waals surface area contributed by atoms with Crippen molar-refractivity contribution in [3.63, 3.8) is 0 Å². The van der Waals surface area contributed by atoms with Crippen molar-refractivity contribution < 1.29 is 19.4 Å². The number of ether oxygens (including phenoxy) is 2. The number of carbonyl (C=O) groups is 1. The Bertz CT molecular complexity index is 610. The van der Waals surface area contributed by atoms with Crippen LogP contribution >= 0.6 is 11.6 Å². The maximum absolute atomic E-state index is 12.3. The van der Waals surface area contributed by atoms with Crippen LogP contribution in [-0.4, -0.2) is 43.4 Å². The molecule has 0 saturated carbocycles. The number of rotatable bonds is 4. The first-order chi connectivity index (χ1) is 11.5. The van der Waals surface area contributed by atoms with Gasteiger partial charge >= 0.3 is 0 Å². The SMILES string of the molecule is C[C@H]1C[C@@H](C(=O)NCC(O)c2cc(Cl)c3c(c2)OCCO3)CCN1. The van der Waals surface area contributed by atoms with Crippen molar-refractivity contribution in [2.24, 2.45) is 5.92 Å². The summed E-state index contributed by atoms with van der Waals surface area (Å²) in [7, 11) is 0. The minimum absolute atomic E-state index is 0.00250. The molecule has 0 aliphatic carbocycles. The largest absolute Gasteiger partial charge is 0.486 e. The molecule has 6 nitrogen and oxygen atoms in total. The van der Waals surface area contributed by atoms with E-state index in [2.05, 4.69) is 17.6 Å². The van der Waals surface area contributed by atoms with Gasteiger partial charge in [-0.25, -0.2) is 0 Å². The molecular weight excluding hydrogens is 332 g/mol.